The topological polar surface area (TPSA) is 54.2 Å². The number of nitrogens with one attached hydrogen (secondary N) is 2. The zero-order valence-corrected chi connectivity index (χ0v) is 11.5. The first-order valence-electron chi connectivity index (χ1n) is 6.84. The molecule has 0 amide bonds. The SMILES string of the molecule is CCCCCN=C(NCC)NCCn1ccnc1. The Morgan fingerprint density at radius 1 is 1.28 bits per heavy atom. The molecule has 5 nitrogen and oxygen atoms in total. The van der Waals surface area contributed by atoms with E-state index < -0.39 is 0 Å². The van der Waals surface area contributed by atoms with Crippen LogP contribution in [0.25, 0.3) is 0 Å². The van der Waals surface area contributed by atoms with E-state index in [-0.39, 0.29) is 0 Å². The van der Waals surface area contributed by atoms with E-state index in [0.29, 0.717) is 0 Å². The molecule has 5 heteroatoms. The van der Waals surface area contributed by atoms with Crippen molar-refractivity contribution >= 4 is 5.96 Å². The van der Waals surface area contributed by atoms with E-state index in [9.17, 15) is 0 Å². The molecule has 0 saturated heterocycles. The lowest BCUT2D eigenvalue weighted by Gasteiger charge is -2.11. The minimum atomic E-state index is 0.857. The van der Waals surface area contributed by atoms with Gasteiger partial charge in [0.05, 0.1) is 6.33 Å². The summed E-state index contributed by atoms with van der Waals surface area (Å²) in [6, 6.07) is 0. The van der Waals surface area contributed by atoms with Crippen molar-refractivity contribution in [3.05, 3.63) is 18.7 Å². The smallest absolute Gasteiger partial charge is 0.191 e. The molecule has 0 atom stereocenters. The van der Waals surface area contributed by atoms with Gasteiger partial charge in [0.1, 0.15) is 0 Å². The maximum Gasteiger partial charge on any atom is 0.191 e. The molecule has 1 aromatic rings. The number of imidazole rings is 1. The molecule has 0 saturated carbocycles. The van der Waals surface area contributed by atoms with Crippen LogP contribution in [0.2, 0.25) is 0 Å². The number of aromatic nitrogens is 2. The summed E-state index contributed by atoms with van der Waals surface area (Å²) in [6.45, 7) is 7.84. The maximum atomic E-state index is 4.54. The fourth-order valence-electron chi connectivity index (χ4n) is 1.62. The van der Waals surface area contributed by atoms with Gasteiger partial charge < -0.3 is 15.2 Å². The predicted octanol–water partition coefficient (Wildman–Crippen LogP) is 1.63. The summed E-state index contributed by atoms with van der Waals surface area (Å²) in [5.41, 5.74) is 0. The lowest BCUT2D eigenvalue weighted by Crippen LogP contribution is -2.38. The molecule has 1 rings (SSSR count). The summed E-state index contributed by atoms with van der Waals surface area (Å²) < 4.78 is 2.05. The first-order chi connectivity index (χ1) is 8.86. The zero-order chi connectivity index (χ0) is 13.1. The van der Waals surface area contributed by atoms with Gasteiger partial charge in [-0.1, -0.05) is 19.8 Å². The number of rotatable bonds is 8. The highest BCUT2D eigenvalue weighted by atomic mass is 15.2. The van der Waals surface area contributed by atoms with Crippen molar-refractivity contribution in [2.45, 2.75) is 39.7 Å². The monoisotopic (exact) mass is 251 g/mol. The fraction of sp³-hybridized carbons (Fsp3) is 0.692. The summed E-state index contributed by atoms with van der Waals surface area (Å²) in [6.07, 6.45) is 9.23. The van der Waals surface area contributed by atoms with Crippen molar-refractivity contribution in [2.24, 2.45) is 4.99 Å². The van der Waals surface area contributed by atoms with Gasteiger partial charge in [-0.3, -0.25) is 4.99 Å². The van der Waals surface area contributed by atoms with Crippen molar-refractivity contribution in [3.8, 4) is 0 Å². The molecular weight excluding hydrogens is 226 g/mol. The largest absolute Gasteiger partial charge is 0.357 e. The van der Waals surface area contributed by atoms with E-state index in [0.717, 1.165) is 38.6 Å². The van der Waals surface area contributed by atoms with Gasteiger partial charge in [-0.05, 0) is 13.3 Å². The Labute approximate surface area is 110 Å². The minimum Gasteiger partial charge on any atom is -0.357 e. The Hall–Kier alpha value is -1.52. The first kappa shape index (κ1) is 14.5. The zero-order valence-electron chi connectivity index (χ0n) is 11.5. The average molecular weight is 251 g/mol. The molecule has 0 bridgehead atoms. The Bertz CT molecular complexity index is 318. The summed E-state index contributed by atoms with van der Waals surface area (Å²) in [7, 11) is 0. The summed E-state index contributed by atoms with van der Waals surface area (Å²) in [4.78, 5) is 8.56. The van der Waals surface area contributed by atoms with E-state index in [4.69, 9.17) is 0 Å². The van der Waals surface area contributed by atoms with Gasteiger partial charge in [-0.2, -0.15) is 0 Å². The molecule has 0 spiro atoms. The first-order valence-corrected chi connectivity index (χ1v) is 6.84. The molecule has 0 aliphatic carbocycles. The second-order valence-electron chi connectivity index (χ2n) is 4.20. The molecule has 0 aliphatic heterocycles. The highest BCUT2D eigenvalue weighted by molar-refractivity contribution is 5.79. The summed E-state index contributed by atoms with van der Waals surface area (Å²) >= 11 is 0. The molecule has 102 valence electrons. The van der Waals surface area contributed by atoms with Gasteiger partial charge in [0.15, 0.2) is 5.96 Å². The molecule has 2 N–H and O–H groups in total. The van der Waals surface area contributed by atoms with Crippen molar-refractivity contribution in [2.75, 3.05) is 19.6 Å². The third-order valence-corrected chi connectivity index (χ3v) is 2.60. The third kappa shape index (κ3) is 6.27. The van der Waals surface area contributed by atoms with Crippen LogP contribution in [0.3, 0.4) is 0 Å². The molecular formula is C13H25N5. The van der Waals surface area contributed by atoms with Crippen molar-refractivity contribution in [3.63, 3.8) is 0 Å². The average Bonchev–Trinajstić information content (AvgIpc) is 2.87. The van der Waals surface area contributed by atoms with E-state index in [2.05, 4.69) is 34.5 Å². The van der Waals surface area contributed by atoms with Crippen molar-refractivity contribution in [1.82, 2.24) is 20.2 Å². The van der Waals surface area contributed by atoms with E-state index in [1.807, 2.05) is 17.1 Å². The lowest BCUT2D eigenvalue weighted by atomic mass is 10.2. The Balaban J connectivity index is 2.23. The molecule has 18 heavy (non-hydrogen) atoms. The number of nitrogens with zero attached hydrogens (tertiary/aromatic N) is 3. The molecule has 0 radical (unpaired) electrons. The van der Waals surface area contributed by atoms with E-state index in [1.54, 1.807) is 6.20 Å². The van der Waals surface area contributed by atoms with Gasteiger partial charge >= 0.3 is 0 Å². The maximum absolute atomic E-state index is 4.54. The Kier molecular flexibility index (Phi) is 7.68. The van der Waals surface area contributed by atoms with Gasteiger partial charge in [0, 0.05) is 38.6 Å². The van der Waals surface area contributed by atoms with Gasteiger partial charge in [-0.15, -0.1) is 0 Å². The van der Waals surface area contributed by atoms with Crippen LogP contribution in [0.15, 0.2) is 23.7 Å². The van der Waals surface area contributed by atoms with Crippen LogP contribution in [0.4, 0.5) is 0 Å². The number of guanidine groups is 1. The molecule has 0 unspecified atom stereocenters. The second-order valence-corrected chi connectivity index (χ2v) is 4.20. The van der Waals surface area contributed by atoms with Crippen molar-refractivity contribution in [1.29, 1.82) is 0 Å². The number of unbranched alkanes of at least 4 members (excludes halogenated alkanes) is 2. The molecule has 1 aromatic heterocycles. The van der Waals surface area contributed by atoms with Gasteiger partial charge in [0.2, 0.25) is 0 Å². The molecule has 0 fully saturated rings. The van der Waals surface area contributed by atoms with Crippen LogP contribution < -0.4 is 10.6 Å². The van der Waals surface area contributed by atoms with E-state index >= 15 is 0 Å². The number of aliphatic imine (C=N–C) groups is 1. The van der Waals surface area contributed by atoms with Crippen LogP contribution in [0.1, 0.15) is 33.1 Å². The highest BCUT2D eigenvalue weighted by Crippen LogP contribution is 1.93. The van der Waals surface area contributed by atoms with Gasteiger partial charge in [-0.25, -0.2) is 4.98 Å². The standard InChI is InChI=1S/C13H25N5/c1-3-5-6-7-16-13(15-4-2)17-9-11-18-10-8-14-12-18/h8,10,12H,3-7,9,11H2,1-2H3,(H2,15,16,17). The van der Waals surface area contributed by atoms with Gasteiger partial charge in [0.25, 0.3) is 0 Å². The van der Waals surface area contributed by atoms with Crippen LogP contribution in [-0.4, -0.2) is 35.1 Å². The lowest BCUT2D eigenvalue weighted by molar-refractivity contribution is 0.658. The Morgan fingerprint density at radius 2 is 2.17 bits per heavy atom. The number of hydrogen-bond acceptors (Lipinski definition) is 2. The fourth-order valence-corrected chi connectivity index (χ4v) is 1.62. The third-order valence-electron chi connectivity index (χ3n) is 2.60. The molecule has 0 aromatic carbocycles. The normalized spacial score (nSPS) is 11.6. The summed E-state index contributed by atoms with van der Waals surface area (Å²) in [5.74, 6) is 0.911. The van der Waals surface area contributed by atoms with Crippen LogP contribution in [0.5, 0.6) is 0 Å². The van der Waals surface area contributed by atoms with E-state index in [1.165, 1.54) is 12.8 Å². The Morgan fingerprint density at radius 3 is 2.83 bits per heavy atom. The highest BCUT2D eigenvalue weighted by Gasteiger charge is 1.96. The minimum absolute atomic E-state index is 0.857. The van der Waals surface area contributed by atoms with Crippen LogP contribution >= 0.6 is 0 Å². The van der Waals surface area contributed by atoms with Crippen molar-refractivity contribution < 1.29 is 0 Å². The van der Waals surface area contributed by atoms with Crippen LogP contribution in [-0.2, 0) is 6.54 Å². The quantitative estimate of drug-likeness (QED) is 0.419. The molecule has 1 heterocycles. The predicted molar refractivity (Wildman–Crippen MR) is 75.7 cm³/mol. The summed E-state index contributed by atoms with van der Waals surface area (Å²) in [5, 5.41) is 6.58. The molecule has 0 aliphatic rings. The van der Waals surface area contributed by atoms with Crippen LogP contribution in [0, 0.1) is 0 Å². The second kappa shape index (κ2) is 9.50. The number of hydrogen-bond donors (Lipinski definition) is 2.